The lowest BCUT2D eigenvalue weighted by Crippen LogP contribution is -2.50. The molecule has 102 valence electrons. The van der Waals surface area contributed by atoms with Crippen LogP contribution in [-0.2, 0) is 10.2 Å². The fourth-order valence-electron chi connectivity index (χ4n) is 2.02. The van der Waals surface area contributed by atoms with E-state index in [9.17, 15) is 8.42 Å². The molecule has 2 rings (SSSR count). The van der Waals surface area contributed by atoms with Crippen LogP contribution in [0.25, 0.3) is 0 Å². The highest BCUT2D eigenvalue weighted by atomic mass is 35.5. The van der Waals surface area contributed by atoms with Crippen molar-refractivity contribution in [3.8, 4) is 0 Å². The molecule has 0 amide bonds. The van der Waals surface area contributed by atoms with Gasteiger partial charge < -0.3 is 5.32 Å². The Bertz CT molecular complexity index is 326. The normalized spacial score (nSPS) is 25.6. The fraction of sp³-hybridized carbons (Fsp3) is 1.00. The first-order valence-corrected chi connectivity index (χ1v) is 7.46. The van der Waals surface area contributed by atoms with Crippen molar-refractivity contribution < 1.29 is 8.42 Å². The second kappa shape index (κ2) is 6.33. The van der Waals surface area contributed by atoms with Gasteiger partial charge in [-0.25, -0.2) is 0 Å². The van der Waals surface area contributed by atoms with E-state index in [0.717, 1.165) is 25.9 Å². The van der Waals surface area contributed by atoms with Gasteiger partial charge in [0, 0.05) is 26.2 Å². The number of piperidine rings is 1. The van der Waals surface area contributed by atoms with Crippen molar-refractivity contribution in [1.29, 1.82) is 0 Å². The molecular weight excluding hydrogens is 262 g/mol. The average Bonchev–Trinajstić information content (AvgIpc) is 3.02. The van der Waals surface area contributed by atoms with Crippen molar-refractivity contribution in [3.63, 3.8) is 0 Å². The summed E-state index contributed by atoms with van der Waals surface area (Å²) in [5.41, 5.74) is 0. The zero-order valence-electron chi connectivity index (χ0n) is 10.2. The van der Waals surface area contributed by atoms with Crippen LogP contribution < -0.4 is 10.0 Å². The van der Waals surface area contributed by atoms with E-state index in [1.54, 1.807) is 7.05 Å². The molecule has 2 fully saturated rings. The predicted octanol–water partition coefficient (Wildman–Crippen LogP) is 0.336. The smallest absolute Gasteiger partial charge is 0.279 e. The quantitative estimate of drug-likeness (QED) is 0.765. The van der Waals surface area contributed by atoms with E-state index in [0.29, 0.717) is 12.5 Å². The summed E-state index contributed by atoms with van der Waals surface area (Å²) in [5.74, 6) is 0.589. The highest BCUT2D eigenvalue weighted by Crippen LogP contribution is 2.29. The molecule has 17 heavy (non-hydrogen) atoms. The first-order chi connectivity index (χ1) is 7.58. The molecule has 2 aliphatic rings. The molecule has 1 saturated heterocycles. The first kappa shape index (κ1) is 15.2. The molecule has 0 spiro atoms. The molecule has 1 heterocycles. The van der Waals surface area contributed by atoms with Gasteiger partial charge in [0.05, 0.1) is 0 Å². The minimum atomic E-state index is -3.27. The first-order valence-electron chi connectivity index (χ1n) is 6.02. The number of hydrogen-bond donors (Lipinski definition) is 2. The van der Waals surface area contributed by atoms with Crippen LogP contribution in [0.3, 0.4) is 0 Å². The maximum Gasteiger partial charge on any atom is 0.279 e. The Morgan fingerprint density at radius 1 is 1.35 bits per heavy atom. The number of rotatable bonds is 5. The minimum absolute atomic E-state index is 0. The number of nitrogens with zero attached hydrogens (tertiary/aromatic N) is 1. The van der Waals surface area contributed by atoms with Crippen LogP contribution in [0.4, 0.5) is 0 Å². The maximum atomic E-state index is 11.9. The Labute approximate surface area is 110 Å². The molecule has 1 aliphatic carbocycles. The van der Waals surface area contributed by atoms with Crippen LogP contribution in [0, 0.1) is 5.92 Å². The van der Waals surface area contributed by atoms with Gasteiger partial charge >= 0.3 is 0 Å². The van der Waals surface area contributed by atoms with Gasteiger partial charge in [-0.15, -0.1) is 12.4 Å². The highest BCUT2D eigenvalue weighted by molar-refractivity contribution is 7.87. The second-order valence-corrected chi connectivity index (χ2v) is 6.70. The van der Waals surface area contributed by atoms with Gasteiger partial charge in [0.2, 0.25) is 0 Å². The molecule has 0 radical (unpaired) electrons. The summed E-state index contributed by atoms with van der Waals surface area (Å²) in [7, 11) is -1.61. The number of nitrogens with one attached hydrogen (secondary N) is 2. The van der Waals surface area contributed by atoms with E-state index in [1.165, 1.54) is 17.1 Å². The third-order valence-electron chi connectivity index (χ3n) is 3.24. The lowest BCUT2D eigenvalue weighted by atomic mass is 10.1. The second-order valence-electron chi connectivity index (χ2n) is 4.89. The molecule has 0 aromatic rings. The zero-order chi connectivity index (χ0) is 11.6. The summed E-state index contributed by atoms with van der Waals surface area (Å²) < 4.78 is 28.1. The molecule has 0 bridgehead atoms. The van der Waals surface area contributed by atoms with Gasteiger partial charge in [-0.05, 0) is 38.1 Å². The van der Waals surface area contributed by atoms with Crippen molar-refractivity contribution in [2.24, 2.45) is 5.92 Å². The molecule has 1 unspecified atom stereocenters. The van der Waals surface area contributed by atoms with E-state index in [4.69, 9.17) is 0 Å². The summed E-state index contributed by atoms with van der Waals surface area (Å²) in [4.78, 5) is 0. The Hall–Kier alpha value is 0.120. The lowest BCUT2D eigenvalue weighted by Gasteiger charge is -2.26. The van der Waals surface area contributed by atoms with Crippen LogP contribution in [0.5, 0.6) is 0 Å². The molecular formula is C10H22ClN3O2S. The van der Waals surface area contributed by atoms with Gasteiger partial charge in [-0.2, -0.15) is 17.4 Å². The zero-order valence-corrected chi connectivity index (χ0v) is 11.8. The Kier molecular flexibility index (Phi) is 5.66. The molecule has 1 atom stereocenters. The average molecular weight is 284 g/mol. The van der Waals surface area contributed by atoms with Gasteiger partial charge in [-0.3, -0.25) is 0 Å². The van der Waals surface area contributed by atoms with Crippen LogP contribution in [0.1, 0.15) is 25.7 Å². The summed E-state index contributed by atoms with van der Waals surface area (Å²) in [6.07, 6.45) is 4.32. The standard InChI is InChI=1S/C10H21N3O2S.ClH/c1-13(8-9-4-5-9)16(14,15)12-10-3-2-6-11-7-10;/h9-12H,2-8H2,1H3;1H. The van der Waals surface area contributed by atoms with Crippen LogP contribution in [0.15, 0.2) is 0 Å². The maximum absolute atomic E-state index is 11.9. The largest absolute Gasteiger partial charge is 0.315 e. The third-order valence-corrected chi connectivity index (χ3v) is 4.84. The molecule has 2 N–H and O–H groups in total. The molecule has 5 nitrogen and oxygen atoms in total. The van der Waals surface area contributed by atoms with E-state index < -0.39 is 10.2 Å². The fourth-order valence-corrected chi connectivity index (χ4v) is 3.22. The minimum Gasteiger partial charge on any atom is -0.315 e. The summed E-state index contributed by atoms with van der Waals surface area (Å²) in [6.45, 7) is 2.40. The van der Waals surface area contributed by atoms with Crippen LogP contribution >= 0.6 is 12.4 Å². The molecule has 1 saturated carbocycles. The monoisotopic (exact) mass is 283 g/mol. The van der Waals surface area contributed by atoms with E-state index >= 15 is 0 Å². The molecule has 0 aromatic carbocycles. The Balaban J connectivity index is 0.00000144. The van der Waals surface area contributed by atoms with Crippen molar-refractivity contribution >= 4 is 22.6 Å². The van der Waals surface area contributed by atoms with Crippen molar-refractivity contribution in [2.75, 3.05) is 26.7 Å². The Morgan fingerprint density at radius 2 is 2.06 bits per heavy atom. The van der Waals surface area contributed by atoms with E-state index in [2.05, 4.69) is 10.0 Å². The summed E-state index contributed by atoms with van der Waals surface area (Å²) in [6, 6.07) is 0.0559. The van der Waals surface area contributed by atoms with Crippen molar-refractivity contribution in [1.82, 2.24) is 14.3 Å². The van der Waals surface area contributed by atoms with Gasteiger partial charge in [0.15, 0.2) is 0 Å². The topological polar surface area (TPSA) is 61.4 Å². The molecule has 7 heteroatoms. The molecule has 0 aromatic heterocycles. The summed E-state index contributed by atoms with van der Waals surface area (Å²) in [5, 5.41) is 3.20. The van der Waals surface area contributed by atoms with Crippen LogP contribution in [0.2, 0.25) is 0 Å². The predicted molar refractivity (Wildman–Crippen MR) is 70.5 cm³/mol. The van der Waals surface area contributed by atoms with Crippen molar-refractivity contribution in [2.45, 2.75) is 31.7 Å². The number of hydrogen-bond acceptors (Lipinski definition) is 3. The van der Waals surface area contributed by atoms with E-state index in [-0.39, 0.29) is 18.4 Å². The SMILES string of the molecule is CN(CC1CC1)S(=O)(=O)NC1CCCNC1.Cl. The van der Waals surface area contributed by atoms with Gasteiger partial charge in [0.25, 0.3) is 10.2 Å². The lowest BCUT2D eigenvalue weighted by molar-refractivity contribution is 0.398. The van der Waals surface area contributed by atoms with Gasteiger partial charge in [0.1, 0.15) is 0 Å². The highest BCUT2D eigenvalue weighted by Gasteiger charge is 2.29. The summed E-state index contributed by atoms with van der Waals surface area (Å²) >= 11 is 0. The van der Waals surface area contributed by atoms with Gasteiger partial charge in [-0.1, -0.05) is 0 Å². The Morgan fingerprint density at radius 3 is 2.59 bits per heavy atom. The van der Waals surface area contributed by atoms with Crippen LogP contribution in [-0.4, -0.2) is 45.4 Å². The third kappa shape index (κ3) is 4.71. The molecule has 1 aliphatic heterocycles. The van der Waals surface area contributed by atoms with Crippen molar-refractivity contribution in [3.05, 3.63) is 0 Å². The number of halogens is 1. The van der Waals surface area contributed by atoms with E-state index in [1.807, 2.05) is 0 Å².